The molecule has 0 aliphatic heterocycles. The molecule has 3 rings (SSSR count). The Kier molecular flexibility index (Phi) is 7.08. The van der Waals surface area contributed by atoms with Crippen molar-refractivity contribution < 1.29 is 30.0 Å². The first-order valence-corrected chi connectivity index (χ1v) is 12.5. The number of halogens is 3. The lowest BCUT2D eigenvalue weighted by Crippen LogP contribution is -2.20. The van der Waals surface area contributed by atoms with Gasteiger partial charge in [0.05, 0.1) is 28.1 Å². The number of sulfonamides is 2. The van der Waals surface area contributed by atoms with Crippen molar-refractivity contribution in [3.63, 3.8) is 0 Å². The summed E-state index contributed by atoms with van der Waals surface area (Å²) in [6.07, 6.45) is -3.47. The van der Waals surface area contributed by atoms with E-state index >= 15 is 0 Å². The van der Waals surface area contributed by atoms with Gasteiger partial charge in [-0.15, -0.1) is 0 Å². The van der Waals surface area contributed by atoms with E-state index in [1.54, 1.807) is 36.4 Å². The van der Waals surface area contributed by atoms with E-state index in [0.29, 0.717) is 17.7 Å². The van der Waals surface area contributed by atoms with Crippen LogP contribution in [0.1, 0.15) is 16.7 Å². The number of hydrogen-bond acceptors (Lipinski definition) is 5. The fourth-order valence-electron chi connectivity index (χ4n) is 2.73. The number of hydrogen-bond donors (Lipinski definition) is 2. The number of benzene rings is 3. The van der Waals surface area contributed by atoms with Gasteiger partial charge in [-0.3, -0.25) is 4.72 Å². The molecule has 33 heavy (non-hydrogen) atoms. The lowest BCUT2D eigenvalue weighted by Gasteiger charge is -2.12. The molecule has 0 bridgehead atoms. The average Bonchev–Trinajstić information content (AvgIpc) is 2.74. The number of nitrogens with zero attached hydrogens (tertiary/aromatic N) is 1. The summed E-state index contributed by atoms with van der Waals surface area (Å²) < 4.78 is 90.0. The number of hydrazone groups is 1. The molecule has 174 valence electrons. The molecular weight excluding hydrogens is 479 g/mol. The van der Waals surface area contributed by atoms with Crippen LogP contribution in [0.15, 0.2) is 88.9 Å². The van der Waals surface area contributed by atoms with Crippen LogP contribution in [0.3, 0.4) is 0 Å². The number of nitrogens with one attached hydrogen (secondary N) is 2. The summed E-state index contributed by atoms with van der Waals surface area (Å²) in [6.45, 7) is 0. The summed E-state index contributed by atoms with van der Waals surface area (Å²) in [7, 11) is -8.00. The first-order valence-electron chi connectivity index (χ1n) is 9.32. The van der Waals surface area contributed by atoms with E-state index in [9.17, 15) is 30.0 Å². The van der Waals surface area contributed by atoms with Crippen LogP contribution < -0.4 is 9.55 Å². The normalized spacial score (nSPS) is 12.6. The first kappa shape index (κ1) is 24.3. The summed E-state index contributed by atoms with van der Waals surface area (Å²) >= 11 is 0. The highest BCUT2D eigenvalue weighted by molar-refractivity contribution is 7.92. The third-order valence-electron chi connectivity index (χ3n) is 4.29. The van der Waals surface area contributed by atoms with Crippen LogP contribution in [0.25, 0.3) is 0 Å². The Balaban J connectivity index is 1.75. The van der Waals surface area contributed by atoms with Gasteiger partial charge in [-0.2, -0.15) is 18.3 Å². The van der Waals surface area contributed by atoms with Crippen LogP contribution in [0.4, 0.5) is 18.9 Å². The van der Waals surface area contributed by atoms with E-state index in [4.69, 9.17) is 0 Å². The van der Waals surface area contributed by atoms with Crippen molar-refractivity contribution in [2.75, 3.05) is 4.72 Å². The molecule has 0 heterocycles. The van der Waals surface area contributed by atoms with Crippen molar-refractivity contribution >= 4 is 31.9 Å². The number of alkyl halides is 3. The maximum absolute atomic E-state index is 12.7. The predicted octanol–water partition coefficient (Wildman–Crippen LogP) is 3.96. The number of anilines is 1. The zero-order valence-electron chi connectivity index (χ0n) is 16.8. The SMILES string of the molecule is O=S(=O)(Cc1ccccc1)N/N=C/c1ccccc1NS(=O)(=O)c1ccc(C(F)(F)F)cc1. The molecule has 7 nitrogen and oxygen atoms in total. The van der Waals surface area contributed by atoms with Crippen LogP contribution in [-0.2, 0) is 32.0 Å². The second-order valence-corrected chi connectivity index (χ2v) is 10.2. The van der Waals surface area contributed by atoms with E-state index < -0.39 is 31.8 Å². The summed E-state index contributed by atoms with van der Waals surface area (Å²) in [4.78, 5) is 1.69. The highest BCUT2D eigenvalue weighted by Crippen LogP contribution is 2.30. The Morgan fingerprint density at radius 1 is 0.818 bits per heavy atom. The van der Waals surface area contributed by atoms with Crippen LogP contribution in [-0.4, -0.2) is 23.1 Å². The van der Waals surface area contributed by atoms with Crippen molar-refractivity contribution in [3.8, 4) is 0 Å². The van der Waals surface area contributed by atoms with Gasteiger partial charge < -0.3 is 0 Å². The molecule has 0 aliphatic carbocycles. The quantitative estimate of drug-likeness (QED) is 0.363. The highest BCUT2D eigenvalue weighted by atomic mass is 32.2. The molecule has 0 radical (unpaired) electrons. The van der Waals surface area contributed by atoms with Crippen molar-refractivity contribution in [2.45, 2.75) is 16.8 Å². The minimum Gasteiger partial charge on any atom is -0.279 e. The molecule has 0 saturated carbocycles. The zero-order valence-corrected chi connectivity index (χ0v) is 18.5. The van der Waals surface area contributed by atoms with Crippen molar-refractivity contribution in [1.82, 2.24) is 4.83 Å². The Morgan fingerprint density at radius 2 is 1.42 bits per heavy atom. The molecule has 0 aromatic heterocycles. The molecule has 3 aromatic carbocycles. The molecule has 0 atom stereocenters. The smallest absolute Gasteiger partial charge is 0.279 e. The predicted molar refractivity (Wildman–Crippen MR) is 118 cm³/mol. The van der Waals surface area contributed by atoms with Gasteiger partial charge in [0.2, 0.25) is 0 Å². The molecule has 0 saturated heterocycles. The number of rotatable bonds is 8. The molecule has 3 aromatic rings. The summed E-state index contributed by atoms with van der Waals surface area (Å²) in [5.74, 6) is -0.298. The van der Waals surface area contributed by atoms with Crippen molar-refractivity contribution in [2.24, 2.45) is 5.10 Å². The van der Waals surface area contributed by atoms with Crippen LogP contribution >= 0.6 is 0 Å². The molecule has 0 aliphatic rings. The van der Waals surface area contributed by atoms with Gasteiger partial charge in [0, 0.05) is 5.56 Å². The molecular formula is C21H18F3N3O4S2. The Labute approximate surface area is 189 Å². The van der Waals surface area contributed by atoms with Gasteiger partial charge >= 0.3 is 6.18 Å². The maximum Gasteiger partial charge on any atom is 0.416 e. The van der Waals surface area contributed by atoms with Gasteiger partial charge in [-0.25, -0.2) is 21.7 Å². The molecule has 0 unspecified atom stereocenters. The van der Waals surface area contributed by atoms with E-state index in [0.717, 1.165) is 18.3 Å². The van der Waals surface area contributed by atoms with Gasteiger partial charge in [0.1, 0.15) is 0 Å². The van der Waals surface area contributed by atoms with E-state index in [2.05, 4.69) is 14.7 Å². The first-order chi connectivity index (χ1) is 15.5. The van der Waals surface area contributed by atoms with Gasteiger partial charge in [0.15, 0.2) is 0 Å². The van der Waals surface area contributed by atoms with E-state index in [-0.39, 0.29) is 21.9 Å². The zero-order chi connectivity index (χ0) is 24.1. The molecule has 2 N–H and O–H groups in total. The Hall–Kier alpha value is -3.38. The lowest BCUT2D eigenvalue weighted by atomic mass is 10.2. The third kappa shape index (κ3) is 6.80. The Morgan fingerprint density at radius 3 is 2.06 bits per heavy atom. The second kappa shape index (κ2) is 9.63. The van der Waals surface area contributed by atoms with Gasteiger partial charge in [-0.1, -0.05) is 48.5 Å². The summed E-state index contributed by atoms with van der Waals surface area (Å²) in [5.41, 5.74) is -0.125. The monoisotopic (exact) mass is 497 g/mol. The lowest BCUT2D eigenvalue weighted by molar-refractivity contribution is -0.137. The van der Waals surface area contributed by atoms with Crippen molar-refractivity contribution in [1.29, 1.82) is 0 Å². The Bertz CT molecular complexity index is 1340. The highest BCUT2D eigenvalue weighted by Gasteiger charge is 2.30. The standard InChI is InChI=1S/C21H18F3N3O4S2/c22-21(23,24)18-10-12-19(13-11-18)33(30,31)26-20-9-5-4-8-17(20)14-25-27-32(28,29)15-16-6-2-1-3-7-16/h1-14,26-27H,15H2/b25-14+. The third-order valence-corrected chi connectivity index (χ3v) is 6.77. The summed E-state index contributed by atoms with van der Waals surface area (Å²) in [6, 6.07) is 17.5. The average molecular weight is 498 g/mol. The van der Waals surface area contributed by atoms with Crippen LogP contribution in [0, 0.1) is 0 Å². The largest absolute Gasteiger partial charge is 0.416 e. The number of para-hydroxylation sites is 1. The molecule has 0 spiro atoms. The second-order valence-electron chi connectivity index (χ2n) is 6.81. The molecule has 0 amide bonds. The minimum absolute atomic E-state index is 0.0587. The van der Waals surface area contributed by atoms with Gasteiger partial charge in [-0.05, 0) is 35.9 Å². The fraction of sp³-hybridized carbons (Fsp3) is 0.0952. The van der Waals surface area contributed by atoms with Crippen LogP contribution in [0.5, 0.6) is 0 Å². The van der Waals surface area contributed by atoms with E-state index in [1.165, 1.54) is 18.2 Å². The molecule has 12 heteroatoms. The molecule has 0 fully saturated rings. The fourth-order valence-corrected chi connectivity index (χ4v) is 4.73. The maximum atomic E-state index is 12.7. The van der Waals surface area contributed by atoms with Crippen molar-refractivity contribution in [3.05, 3.63) is 95.6 Å². The van der Waals surface area contributed by atoms with Crippen LogP contribution in [0.2, 0.25) is 0 Å². The van der Waals surface area contributed by atoms with E-state index in [1.807, 2.05) is 0 Å². The topological polar surface area (TPSA) is 105 Å². The minimum atomic E-state index is -4.59. The van der Waals surface area contributed by atoms with Gasteiger partial charge in [0.25, 0.3) is 20.0 Å². The summed E-state index contributed by atoms with van der Waals surface area (Å²) in [5, 5.41) is 3.69.